The quantitative estimate of drug-likeness (QED) is 0.815. The van der Waals surface area contributed by atoms with Crippen molar-refractivity contribution in [3.05, 3.63) is 30.3 Å². The summed E-state index contributed by atoms with van der Waals surface area (Å²) in [5, 5.41) is 1.03. The van der Waals surface area contributed by atoms with Crippen LogP contribution in [-0.4, -0.2) is 37.1 Å². The number of nitrogens with zero attached hydrogens (tertiary/aromatic N) is 2. The highest BCUT2D eigenvalue weighted by Crippen LogP contribution is 2.18. The second-order valence-corrected chi connectivity index (χ2v) is 4.25. The second-order valence-electron chi connectivity index (χ2n) is 4.25. The number of rotatable bonds is 4. The van der Waals surface area contributed by atoms with E-state index < -0.39 is 0 Å². The van der Waals surface area contributed by atoms with Gasteiger partial charge in [-0.15, -0.1) is 0 Å². The molecule has 0 radical (unpaired) electrons. The van der Waals surface area contributed by atoms with E-state index in [1.807, 2.05) is 44.4 Å². The van der Waals surface area contributed by atoms with Crippen LogP contribution >= 0.6 is 0 Å². The number of anilines is 1. The van der Waals surface area contributed by atoms with E-state index in [9.17, 15) is 0 Å². The lowest BCUT2D eigenvalue weighted by atomic mass is 10.2. The largest absolute Gasteiger partial charge is 0.476 e. The third kappa shape index (κ3) is 3.07. The number of pyridine rings is 1. The zero-order chi connectivity index (χ0) is 12.3. The van der Waals surface area contributed by atoms with Crippen LogP contribution in [0.4, 0.5) is 5.69 Å². The minimum absolute atomic E-state index is 0.639. The Balaban J connectivity index is 2.12. The fraction of sp³-hybridized carbons (Fsp3) is 0.308. The lowest BCUT2D eigenvalue weighted by Crippen LogP contribution is -2.19. The van der Waals surface area contributed by atoms with Crippen molar-refractivity contribution in [1.29, 1.82) is 0 Å². The lowest BCUT2D eigenvalue weighted by Gasteiger charge is -2.10. The Bertz CT molecular complexity index is 511. The molecule has 1 aromatic carbocycles. The molecule has 1 aromatic heterocycles. The van der Waals surface area contributed by atoms with Crippen LogP contribution < -0.4 is 10.5 Å². The van der Waals surface area contributed by atoms with Crippen molar-refractivity contribution in [2.24, 2.45) is 0 Å². The number of ether oxygens (including phenoxy) is 1. The molecule has 2 rings (SSSR count). The number of benzene rings is 1. The van der Waals surface area contributed by atoms with E-state index in [1.165, 1.54) is 0 Å². The molecule has 0 unspecified atom stereocenters. The molecule has 0 saturated carbocycles. The van der Waals surface area contributed by atoms with Gasteiger partial charge in [0.2, 0.25) is 5.88 Å². The molecule has 2 N–H and O–H groups in total. The highest BCUT2D eigenvalue weighted by atomic mass is 16.5. The summed E-state index contributed by atoms with van der Waals surface area (Å²) in [6.07, 6.45) is 0. The molecule has 0 saturated heterocycles. The van der Waals surface area contributed by atoms with Gasteiger partial charge in [-0.2, -0.15) is 0 Å². The lowest BCUT2D eigenvalue weighted by molar-refractivity contribution is 0.254. The van der Waals surface area contributed by atoms with Crippen molar-refractivity contribution in [2.45, 2.75) is 0 Å². The maximum Gasteiger partial charge on any atom is 0.213 e. The van der Waals surface area contributed by atoms with Crippen molar-refractivity contribution < 1.29 is 4.74 Å². The van der Waals surface area contributed by atoms with Gasteiger partial charge in [0.15, 0.2) is 0 Å². The number of likely N-dealkylation sites (N-methyl/N-ethyl adjacent to an activating group) is 1. The van der Waals surface area contributed by atoms with E-state index in [-0.39, 0.29) is 0 Å². The normalized spacial score (nSPS) is 11.0. The molecule has 4 nitrogen and oxygen atoms in total. The molecule has 4 heteroatoms. The topological polar surface area (TPSA) is 51.4 Å². The van der Waals surface area contributed by atoms with E-state index in [1.54, 1.807) is 0 Å². The summed E-state index contributed by atoms with van der Waals surface area (Å²) in [4.78, 5) is 6.49. The Labute approximate surface area is 101 Å². The van der Waals surface area contributed by atoms with Gasteiger partial charge >= 0.3 is 0 Å². The smallest absolute Gasteiger partial charge is 0.213 e. The Morgan fingerprint density at radius 2 is 2.06 bits per heavy atom. The van der Waals surface area contributed by atoms with Gasteiger partial charge in [-0.1, -0.05) is 0 Å². The van der Waals surface area contributed by atoms with Crippen LogP contribution in [0.3, 0.4) is 0 Å². The summed E-state index contributed by atoms with van der Waals surface area (Å²) in [7, 11) is 4.03. The maximum atomic E-state index is 5.71. The number of hydrogen-bond donors (Lipinski definition) is 1. The van der Waals surface area contributed by atoms with E-state index >= 15 is 0 Å². The van der Waals surface area contributed by atoms with Gasteiger partial charge in [0.1, 0.15) is 6.61 Å². The first-order valence-electron chi connectivity index (χ1n) is 5.59. The molecular formula is C13H17N3O. The Morgan fingerprint density at radius 1 is 1.24 bits per heavy atom. The average Bonchev–Trinajstić information content (AvgIpc) is 2.29. The fourth-order valence-corrected chi connectivity index (χ4v) is 1.54. The SMILES string of the molecule is CN(C)CCOc1ccc2cc(N)ccc2n1. The van der Waals surface area contributed by atoms with Crippen LogP contribution in [0.25, 0.3) is 10.9 Å². The van der Waals surface area contributed by atoms with Crippen molar-refractivity contribution in [3.63, 3.8) is 0 Å². The Kier molecular flexibility index (Phi) is 3.44. The minimum atomic E-state index is 0.639. The molecule has 0 aliphatic carbocycles. The fourth-order valence-electron chi connectivity index (χ4n) is 1.54. The Morgan fingerprint density at radius 3 is 2.82 bits per heavy atom. The number of aromatic nitrogens is 1. The molecule has 0 atom stereocenters. The standard InChI is InChI=1S/C13H17N3O/c1-16(2)7-8-17-13-6-3-10-9-11(14)4-5-12(10)15-13/h3-6,9H,7-8,14H2,1-2H3. The number of fused-ring (bicyclic) bond motifs is 1. The first-order valence-corrected chi connectivity index (χ1v) is 5.59. The number of nitrogen functional groups attached to an aromatic ring is 1. The van der Waals surface area contributed by atoms with Gasteiger partial charge < -0.3 is 15.4 Å². The van der Waals surface area contributed by atoms with Gasteiger partial charge in [0.25, 0.3) is 0 Å². The minimum Gasteiger partial charge on any atom is -0.476 e. The van der Waals surface area contributed by atoms with Gasteiger partial charge in [-0.05, 0) is 38.4 Å². The molecule has 0 aliphatic rings. The highest BCUT2D eigenvalue weighted by Gasteiger charge is 2.00. The molecule has 2 aromatic rings. The van der Waals surface area contributed by atoms with Crippen molar-refractivity contribution in [1.82, 2.24) is 9.88 Å². The van der Waals surface area contributed by atoms with Crippen LogP contribution in [-0.2, 0) is 0 Å². The van der Waals surface area contributed by atoms with Gasteiger partial charge in [-0.3, -0.25) is 0 Å². The summed E-state index contributed by atoms with van der Waals surface area (Å²) < 4.78 is 5.57. The highest BCUT2D eigenvalue weighted by molar-refractivity contribution is 5.82. The van der Waals surface area contributed by atoms with Crippen LogP contribution in [0.5, 0.6) is 5.88 Å². The average molecular weight is 231 g/mol. The molecule has 0 bridgehead atoms. The van der Waals surface area contributed by atoms with Crippen LogP contribution in [0.1, 0.15) is 0 Å². The zero-order valence-electron chi connectivity index (χ0n) is 10.2. The van der Waals surface area contributed by atoms with E-state index in [2.05, 4.69) is 9.88 Å². The molecule has 0 amide bonds. The molecule has 0 fully saturated rings. The number of nitrogens with two attached hydrogens (primary N) is 1. The second kappa shape index (κ2) is 5.01. The summed E-state index contributed by atoms with van der Waals surface area (Å²) >= 11 is 0. The van der Waals surface area contributed by atoms with E-state index in [0.717, 1.165) is 23.1 Å². The van der Waals surface area contributed by atoms with E-state index in [4.69, 9.17) is 10.5 Å². The predicted molar refractivity (Wildman–Crippen MR) is 70.2 cm³/mol. The van der Waals surface area contributed by atoms with Crippen LogP contribution in [0.2, 0.25) is 0 Å². The molecular weight excluding hydrogens is 214 g/mol. The van der Waals surface area contributed by atoms with Crippen LogP contribution in [0.15, 0.2) is 30.3 Å². The molecule has 90 valence electrons. The summed E-state index contributed by atoms with van der Waals surface area (Å²) in [6.45, 7) is 1.52. The van der Waals surface area contributed by atoms with E-state index in [0.29, 0.717) is 12.5 Å². The Hall–Kier alpha value is -1.81. The molecule has 17 heavy (non-hydrogen) atoms. The van der Waals surface area contributed by atoms with Gasteiger partial charge in [0.05, 0.1) is 5.52 Å². The number of hydrogen-bond acceptors (Lipinski definition) is 4. The summed E-state index contributed by atoms with van der Waals surface area (Å²) in [5.41, 5.74) is 7.37. The summed E-state index contributed by atoms with van der Waals surface area (Å²) in [5.74, 6) is 0.657. The third-order valence-electron chi connectivity index (χ3n) is 2.48. The van der Waals surface area contributed by atoms with Gasteiger partial charge in [-0.25, -0.2) is 4.98 Å². The van der Waals surface area contributed by atoms with Crippen molar-refractivity contribution in [3.8, 4) is 5.88 Å². The maximum absolute atomic E-state index is 5.71. The molecule has 0 spiro atoms. The molecule has 1 heterocycles. The predicted octanol–water partition coefficient (Wildman–Crippen LogP) is 1.76. The molecule has 0 aliphatic heterocycles. The van der Waals surface area contributed by atoms with Gasteiger partial charge in [0, 0.05) is 23.7 Å². The van der Waals surface area contributed by atoms with Crippen molar-refractivity contribution in [2.75, 3.05) is 33.0 Å². The van der Waals surface area contributed by atoms with Crippen LogP contribution in [0, 0.1) is 0 Å². The van der Waals surface area contributed by atoms with Crippen molar-refractivity contribution >= 4 is 16.6 Å². The monoisotopic (exact) mass is 231 g/mol. The third-order valence-corrected chi connectivity index (χ3v) is 2.48. The summed E-state index contributed by atoms with van der Waals surface area (Å²) in [6, 6.07) is 9.51. The first-order chi connectivity index (χ1) is 8.15. The first kappa shape index (κ1) is 11.7. The zero-order valence-corrected chi connectivity index (χ0v) is 10.2.